The zero-order chi connectivity index (χ0) is 22.2. The number of carbonyl (C=O) groups is 1. The molecule has 0 aliphatic carbocycles. The van der Waals surface area contributed by atoms with E-state index in [2.05, 4.69) is 4.98 Å². The maximum atomic E-state index is 13.4. The highest BCUT2D eigenvalue weighted by atomic mass is 35.5. The largest absolute Gasteiger partial charge is 0.416 e. The van der Waals surface area contributed by atoms with Gasteiger partial charge in [-0.1, -0.05) is 59.3 Å². The highest BCUT2D eigenvalue weighted by Crippen LogP contribution is 2.35. The van der Waals surface area contributed by atoms with Gasteiger partial charge in [0.2, 0.25) is 0 Å². The van der Waals surface area contributed by atoms with Crippen LogP contribution in [0.5, 0.6) is 0 Å². The maximum Gasteiger partial charge on any atom is 0.416 e. The van der Waals surface area contributed by atoms with Crippen LogP contribution in [0.3, 0.4) is 0 Å². The lowest BCUT2D eigenvalue weighted by Gasteiger charge is -2.20. The number of carbonyl (C=O) groups excluding carboxylic acids is 1. The number of hydrogen-bond donors (Lipinski definition) is 0. The molecule has 0 saturated carbocycles. The van der Waals surface area contributed by atoms with E-state index >= 15 is 0 Å². The second-order valence-electron chi connectivity index (χ2n) is 7.02. The first-order chi connectivity index (χ1) is 14.7. The summed E-state index contributed by atoms with van der Waals surface area (Å²) in [6.45, 7) is 2.04. The van der Waals surface area contributed by atoms with Gasteiger partial charge >= 0.3 is 6.18 Å². The van der Waals surface area contributed by atoms with Crippen molar-refractivity contribution in [3.8, 4) is 0 Å². The number of aryl methyl sites for hydroxylation is 1. The number of aromatic nitrogens is 1. The molecule has 0 saturated heterocycles. The van der Waals surface area contributed by atoms with Crippen LogP contribution in [0, 0.1) is 6.92 Å². The first kappa shape index (κ1) is 21.3. The van der Waals surface area contributed by atoms with E-state index in [9.17, 15) is 18.0 Å². The van der Waals surface area contributed by atoms with E-state index in [1.54, 1.807) is 12.1 Å². The van der Waals surface area contributed by atoms with Crippen molar-refractivity contribution in [2.75, 3.05) is 4.90 Å². The summed E-state index contributed by atoms with van der Waals surface area (Å²) in [6, 6.07) is 17.2. The summed E-state index contributed by atoms with van der Waals surface area (Å²) >= 11 is 7.43. The van der Waals surface area contributed by atoms with E-state index in [-0.39, 0.29) is 12.1 Å². The van der Waals surface area contributed by atoms with Gasteiger partial charge in [0, 0.05) is 10.6 Å². The number of hydrogen-bond acceptors (Lipinski definition) is 3. The summed E-state index contributed by atoms with van der Waals surface area (Å²) < 4.78 is 40.3. The Morgan fingerprint density at radius 2 is 1.81 bits per heavy atom. The van der Waals surface area contributed by atoms with E-state index < -0.39 is 17.6 Å². The third-order valence-corrected chi connectivity index (χ3v) is 5.98. The molecule has 0 aliphatic rings. The van der Waals surface area contributed by atoms with Gasteiger partial charge in [0.15, 0.2) is 5.13 Å². The van der Waals surface area contributed by atoms with Crippen molar-refractivity contribution in [1.82, 2.24) is 4.98 Å². The molecule has 0 radical (unpaired) electrons. The first-order valence-corrected chi connectivity index (χ1v) is 10.5. The Labute approximate surface area is 185 Å². The van der Waals surface area contributed by atoms with E-state index in [0.29, 0.717) is 15.7 Å². The van der Waals surface area contributed by atoms with E-state index in [0.717, 1.165) is 28.0 Å². The number of nitrogens with zero attached hydrogens (tertiary/aromatic N) is 2. The number of rotatable bonds is 4. The molecule has 1 amide bonds. The fraction of sp³-hybridized carbons (Fsp3) is 0.130. The Morgan fingerprint density at radius 1 is 1.06 bits per heavy atom. The van der Waals surface area contributed by atoms with Gasteiger partial charge in [0.25, 0.3) is 5.91 Å². The van der Waals surface area contributed by atoms with Gasteiger partial charge in [-0.15, -0.1) is 0 Å². The number of amides is 1. The van der Waals surface area contributed by atoms with Crippen LogP contribution >= 0.6 is 22.9 Å². The van der Waals surface area contributed by atoms with Crippen molar-refractivity contribution >= 4 is 44.2 Å². The number of halogens is 4. The van der Waals surface area contributed by atoms with Gasteiger partial charge in [-0.3, -0.25) is 9.69 Å². The van der Waals surface area contributed by atoms with Crippen molar-refractivity contribution < 1.29 is 18.0 Å². The molecule has 0 bridgehead atoms. The van der Waals surface area contributed by atoms with Gasteiger partial charge in [-0.2, -0.15) is 13.2 Å². The summed E-state index contributed by atoms with van der Waals surface area (Å²) in [7, 11) is 0. The molecule has 1 heterocycles. The van der Waals surface area contributed by atoms with Gasteiger partial charge in [-0.25, -0.2) is 4.98 Å². The minimum atomic E-state index is -4.54. The lowest BCUT2D eigenvalue weighted by molar-refractivity contribution is -0.137. The van der Waals surface area contributed by atoms with E-state index in [1.165, 1.54) is 28.4 Å². The third-order valence-electron chi connectivity index (χ3n) is 4.74. The zero-order valence-electron chi connectivity index (χ0n) is 16.3. The lowest BCUT2D eigenvalue weighted by atomic mass is 10.1. The standard InChI is InChI=1S/C23H16ClF3N2OS/c1-14-10-18(24)12-19-20(14)28-22(31-19)29(13-15-6-3-2-4-7-15)21(30)16-8-5-9-17(11-16)23(25,26)27/h2-12H,13H2,1H3. The Hall–Kier alpha value is -2.90. The van der Waals surface area contributed by atoms with Crippen molar-refractivity contribution in [1.29, 1.82) is 0 Å². The maximum absolute atomic E-state index is 13.4. The van der Waals surface area contributed by atoms with Crippen LogP contribution in [-0.4, -0.2) is 10.9 Å². The van der Waals surface area contributed by atoms with Crippen LogP contribution in [0.2, 0.25) is 5.02 Å². The van der Waals surface area contributed by atoms with Crippen LogP contribution in [0.15, 0.2) is 66.7 Å². The molecule has 4 aromatic rings. The predicted octanol–water partition coefficient (Wildman–Crippen LogP) is 7.12. The summed E-state index contributed by atoms with van der Waals surface area (Å²) in [4.78, 5) is 19.4. The molecule has 31 heavy (non-hydrogen) atoms. The second-order valence-corrected chi connectivity index (χ2v) is 8.47. The average molecular weight is 461 g/mol. The van der Waals surface area contributed by atoms with E-state index in [4.69, 9.17) is 11.6 Å². The summed E-state index contributed by atoms with van der Waals surface area (Å²) in [6.07, 6.45) is -4.54. The number of fused-ring (bicyclic) bond motifs is 1. The fourth-order valence-corrected chi connectivity index (χ4v) is 4.65. The fourth-order valence-electron chi connectivity index (χ4n) is 3.23. The predicted molar refractivity (Wildman–Crippen MR) is 118 cm³/mol. The Balaban J connectivity index is 1.80. The molecule has 3 aromatic carbocycles. The van der Waals surface area contributed by atoms with Crippen LogP contribution in [0.1, 0.15) is 27.0 Å². The summed E-state index contributed by atoms with van der Waals surface area (Å²) in [5.74, 6) is -0.558. The van der Waals surface area contributed by atoms with Crippen molar-refractivity contribution in [2.45, 2.75) is 19.6 Å². The second kappa shape index (κ2) is 8.32. The Bertz CT molecular complexity index is 1250. The topological polar surface area (TPSA) is 33.2 Å². The molecule has 0 spiro atoms. The van der Waals surface area contributed by atoms with Gasteiger partial charge < -0.3 is 0 Å². The minimum absolute atomic E-state index is 0.0558. The molecule has 158 valence electrons. The molecule has 4 rings (SSSR count). The molecular weight excluding hydrogens is 445 g/mol. The van der Waals surface area contributed by atoms with Crippen molar-refractivity contribution in [2.24, 2.45) is 0 Å². The summed E-state index contributed by atoms with van der Waals surface area (Å²) in [5, 5.41) is 0.950. The Kier molecular flexibility index (Phi) is 5.73. The quantitative estimate of drug-likeness (QED) is 0.324. The number of alkyl halides is 3. The number of anilines is 1. The van der Waals surface area contributed by atoms with Crippen LogP contribution in [-0.2, 0) is 12.7 Å². The highest BCUT2D eigenvalue weighted by molar-refractivity contribution is 7.22. The van der Waals surface area contributed by atoms with Gasteiger partial charge in [0.1, 0.15) is 0 Å². The Morgan fingerprint density at radius 3 is 2.52 bits per heavy atom. The monoisotopic (exact) mass is 460 g/mol. The summed E-state index contributed by atoms with van der Waals surface area (Å²) in [5.41, 5.74) is 1.47. The molecule has 8 heteroatoms. The first-order valence-electron chi connectivity index (χ1n) is 9.32. The molecule has 0 N–H and O–H groups in total. The third kappa shape index (κ3) is 4.57. The van der Waals surface area contributed by atoms with Crippen LogP contribution in [0.25, 0.3) is 10.2 Å². The zero-order valence-corrected chi connectivity index (χ0v) is 17.9. The molecule has 0 unspecified atom stereocenters. The van der Waals surface area contributed by atoms with Crippen LogP contribution < -0.4 is 4.90 Å². The molecule has 1 aromatic heterocycles. The molecule has 0 atom stereocenters. The van der Waals surface area contributed by atoms with Gasteiger partial charge in [0.05, 0.1) is 22.3 Å². The van der Waals surface area contributed by atoms with E-state index in [1.807, 2.05) is 37.3 Å². The van der Waals surface area contributed by atoms with Crippen molar-refractivity contribution in [3.63, 3.8) is 0 Å². The highest BCUT2D eigenvalue weighted by Gasteiger charge is 2.32. The minimum Gasteiger partial charge on any atom is -0.279 e. The molecule has 3 nitrogen and oxygen atoms in total. The lowest BCUT2D eigenvalue weighted by Crippen LogP contribution is -2.30. The molecule has 0 aliphatic heterocycles. The van der Waals surface area contributed by atoms with Gasteiger partial charge in [-0.05, 0) is 48.4 Å². The average Bonchev–Trinajstić information content (AvgIpc) is 3.16. The number of thiazole rings is 1. The SMILES string of the molecule is Cc1cc(Cl)cc2sc(N(Cc3ccccc3)C(=O)c3cccc(C(F)(F)F)c3)nc12. The molecule has 0 fully saturated rings. The number of benzene rings is 3. The van der Waals surface area contributed by atoms with Crippen molar-refractivity contribution in [3.05, 3.63) is 94.0 Å². The van der Waals surface area contributed by atoms with Crippen LogP contribution in [0.4, 0.5) is 18.3 Å². The smallest absolute Gasteiger partial charge is 0.279 e. The molecular formula is C23H16ClF3N2OS. The normalized spacial score (nSPS) is 11.6.